The maximum atomic E-state index is 13.3. The minimum Gasteiger partial charge on any atom is -0.354 e. The fraction of sp³-hybridized carbons (Fsp3) is 0.261. The summed E-state index contributed by atoms with van der Waals surface area (Å²) in [7, 11) is 1.38. The Morgan fingerprint density at radius 1 is 1.19 bits per heavy atom. The van der Waals surface area contributed by atoms with Crippen molar-refractivity contribution >= 4 is 29.3 Å². The van der Waals surface area contributed by atoms with E-state index < -0.39 is 28.8 Å². The molecule has 0 aliphatic carbocycles. The van der Waals surface area contributed by atoms with Gasteiger partial charge < -0.3 is 5.32 Å². The van der Waals surface area contributed by atoms with Crippen LogP contribution in [0.3, 0.4) is 0 Å². The number of nitrogens with one attached hydrogen (secondary N) is 1. The normalized spacial score (nSPS) is 17.8. The smallest absolute Gasteiger partial charge is 0.354 e. The van der Waals surface area contributed by atoms with E-state index in [-0.39, 0.29) is 17.0 Å². The van der Waals surface area contributed by atoms with E-state index in [0.717, 1.165) is 35.0 Å². The number of amides is 2. The van der Waals surface area contributed by atoms with Crippen molar-refractivity contribution < 1.29 is 22.8 Å². The van der Waals surface area contributed by atoms with Crippen molar-refractivity contribution in [1.82, 2.24) is 5.32 Å². The second kappa shape index (κ2) is 9.09. The van der Waals surface area contributed by atoms with Gasteiger partial charge >= 0.3 is 6.18 Å². The molecule has 5 nitrogen and oxygen atoms in total. The zero-order valence-electron chi connectivity index (χ0n) is 17.6. The summed E-state index contributed by atoms with van der Waals surface area (Å²) in [5.41, 5.74) is 1.73. The van der Waals surface area contributed by atoms with Gasteiger partial charge in [0.2, 0.25) is 5.91 Å². The second-order valence-corrected chi connectivity index (χ2v) is 8.51. The van der Waals surface area contributed by atoms with Gasteiger partial charge in [-0.15, -0.1) is 0 Å². The summed E-state index contributed by atoms with van der Waals surface area (Å²) in [6, 6.07) is 12.0. The van der Waals surface area contributed by atoms with Crippen LogP contribution in [0.5, 0.6) is 0 Å². The van der Waals surface area contributed by atoms with Gasteiger partial charge in [-0.1, -0.05) is 36.0 Å². The number of benzene rings is 2. The van der Waals surface area contributed by atoms with Crippen LogP contribution in [0.15, 0.2) is 53.1 Å². The second-order valence-electron chi connectivity index (χ2n) is 7.32. The molecule has 1 heterocycles. The minimum absolute atomic E-state index is 0.0186. The van der Waals surface area contributed by atoms with Crippen LogP contribution in [-0.4, -0.2) is 24.1 Å². The Labute approximate surface area is 187 Å². The lowest BCUT2D eigenvalue weighted by molar-refractivity contribution is -0.137. The zero-order chi connectivity index (χ0) is 23.6. The van der Waals surface area contributed by atoms with Crippen LogP contribution in [-0.2, 0) is 22.2 Å². The first kappa shape index (κ1) is 23.4. The van der Waals surface area contributed by atoms with E-state index in [1.165, 1.54) is 24.1 Å². The number of anilines is 1. The van der Waals surface area contributed by atoms with Gasteiger partial charge in [-0.3, -0.25) is 14.5 Å². The fourth-order valence-electron chi connectivity index (χ4n) is 3.30. The van der Waals surface area contributed by atoms with Gasteiger partial charge in [0.05, 0.1) is 10.8 Å². The lowest BCUT2D eigenvalue weighted by Gasteiger charge is -2.19. The molecule has 166 valence electrons. The van der Waals surface area contributed by atoms with Crippen molar-refractivity contribution in [3.63, 3.8) is 0 Å². The number of nitrogens with zero attached hydrogens (tertiary/aromatic N) is 2. The van der Waals surface area contributed by atoms with Crippen LogP contribution in [0.25, 0.3) is 0 Å². The molecular formula is C23H20F3N3O2S. The Hall–Kier alpha value is -3.25. The van der Waals surface area contributed by atoms with Gasteiger partial charge in [-0.2, -0.15) is 18.4 Å². The standard InChI is InChI=1S/C23H20F3N3O2S/c1-13-7-8-17(9-14(13)2)29-21(31)19(32-22(29)18(12-27)20(30)28-3)11-15-5-4-6-16(10-15)23(24,25)26/h4-10,19H,11H2,1-3H3,(H,28,30)/b22-18-. The largest absolute Gasteiger partial charge is 0.416 e. The molecule has 0 aromatic heterocycles. The molecule has 1 aliphatic rings. The molecule has 0 bridgehead atoms. The summed E-state index contributed by atoms with van der Waals surface area (Å²) < 4.78 is 39.3. The highest BCUT2D eigenvalue weighted by atomic mass is 32.2. The summed E-state index contributed by atoms with van der Waals surface area (Å²) in [5, 5.41) is 11.4. The van der Waals surface area contributed by atoms with Gasteiger partial charge in [-0.05, 0) is 55.2 Å². The molecular weight excluding hydrogens is 439 g/mol. The number of hydrogen-bond donors (Lipinski definition) is 1. The van der Waals surface area contributed by atoms with Crippen LogP contribution in [0.4, 0.5) is 18.9 Å². The van der Waals surface area contributed by atoms with E-state index >= 15 is 0 Å². The highest BCUT2D eigenvalue weighted by Crippen LogP contribution is 2.42. The number of rotatable bonds is 4. The molecule has 2 aromatic carbocycles. The zero-order valence-corrected chi connectivity index (χ0v) is 18.4. The molecule has 0 saturated carbocycles. The number of hydrogen-bond acceptors (Lipinski definition) is 4. The molecule has 1 aliphatic heterocycles. The molecule has 32 heavy (non-hydrogen) atoms. The number of likely N-dealkylation sites (N-methyl/N-ethyl adjacent to an activating group) is 1. The highest BCUT2D eigenvalue weighted by molar-refractivity contribution is 8.05. The predicted octanol–water partition coefficient (Wildman–Crippen LogP) is 4.49. The van der Waals surface area contributed by atoms with Crippen molar-refractivity contribution in [3.05, 3.63) is 75.3 Å². The average molecular weight is 459 g/mol. The average Bonchev–Trinajstić information content (AvgIpc) is 3.05. The lowest BCUT2D eigenvalue weighted by atomic mass is 10.0. The third kappa shape index (κ3) is 4.65. The molecule has 1 N–H and O–H groups in total. The lowest BCUT2D eigenvalue weighted by Crippen LogP contribution is -2.31. The Bertz CT molecular complexity index is 1150. The van der Waals surface area contributed by atoms with Crippen molar-refractivity contribution in [2.24, 2.45) is 0 Å². The third-order valence-electron chi connectivity index (χ3n) is 5.16. The van der Waals surface area contributed by atoms with Gasteiger partial charge in [-0.25, -0.2) is 0 Å². The van der Waals surface area contributed by atoms with Crippen LogP contribution in [0.2, 0.25) is 0 Å². The molecule has 2 aromatic rings. The number of aryl methyl sites for hydroxylation is 2. The Morgan fingerprint density at radius 2 is 1.91 bits per heavy atom. The summed E-state index contributed by atoms with van der Waals surface area (Å²) in [6.07, 6.45) is -4.47. The molecule has 2 amide bonds. The maximum Gasteiger partial charge on any atom is 0.416 e. The van der Waals surface area contributed by atoms with E-state index in [0.29, 0.717) is 11.3 Å². The first-order chi connectivity index (χ1) is 15.1. The number of thioether (sulfide) groups is 1. The Kier molecular flexibility index (Phi) is 6.65. The summed E-state index contributed by atoms with van der Waals surface area (Å²) in [5.74, 6) is -1.04. The van der Waals surface area contributed by atoms with Crippen LogP contribution < -0.4 is 10.2 Å². The van der Waals surface area contributed by atoms with E-state index in [1.807, 2.05) is 26.0 Å². The quantitative estimate of drug-likeness (QED) is 0.540. The first-order valence-electron chi connectivity index (χ1n) is 9.67. The monoisotopic (exact) mass is 459 g/mol. The fourth-order valence-corrected chi connectivity index (χ4v) is 4.61. The summed E-state index contributed by atoms with van der Waals surface area (Å²) in [4.78, 5) is 26.9. The first-order valence-corrected chi connectivity index (χ1v) is 10.5. The Balaban J connectivity index is 2.05. The summed E-state index contributed by atoms with van der Waals surface area (Å²) >= 11 is 1.01. The van der Waals surface area contributed by atoms with Gasteiger partial charge in [0, 0.05) is 12.7 Å². The number of carbonyl (C=O) groups excluding carboxylic acids is 2. The number of alkyl halides is 3. The van der Waals surface area contributed by atoms with E-state index in [9.17, 15) is 28.0 Å². The van der Waals surface area contributed by atoms with Crippen molar-refractivity contribution in [1.29, 1.82) is 5.26 Å². The van der Waals surface area contributed by atoms with Crippen molar-refractivity contribution in [3.8, 4) is 6.07 Å². The Morgan fingerprint density at radius 3 is 2.50 bits per heavy atom. The van der Waals surface area contributed by atoms with E-state index in [2.05, 4.69) is 5.32 Å². The molecule has 1 unspecified atom stereocenters. The molecule has 9 heteroatoms. The van der Waals surface area contributed by atoms with Crippen LogP contribution in [0, 0.1) is 25.2 Å². The molecule has 3 rings (SSSR count). The van der Waals surface area contributed by atoms with Gasteiger partial charge in [0.25, 0.3) is 5.91 Å². The SMILES string of the molecule is CNC(=O)/C(C#N)=C1\SC(Cc2cccc(C(F)(F)F)c2)C(=O)N1c1ccc(C)c(C)c1. The molecule has 0 spiro atoms. The molecule has 0 radical (unpaired) electrons. The van der Waals surface area contributed by atoms with E-state index in [4.69, 9.17) is 0 Å². The highest BCUT2D eigenvalue weighted by Gasteiger charge is 2.41. The molecule has 1 fully saturated rings. The van der Waals surface area contributed by atoms with Crippen molar-refractivity contribution in [2.45, 2.75) is 31.7 Å². The topological polar surface area (TPSA) is 73.2 Å². The van der Waals surface area contributed by atoms with Gasteiger partial charge in [0.15, 0.2) is 0 Å². The van der Waals surface area contributed by atoms with Crippen LogP contribution in [0.1, 0.15) is 22.3 Å². The minimum atomic E-state index is -4.49. The molecule has 1 atom stereocenters. The molecule has 1 saturated heterocycles. The van der Waals surface area contributed by atoms with Gasteiger partial charge in [0.1, 0.15) is 16.7 Å². The number of carbonyl (C=O) groups is 2. The third-order valence-corrected chi connectivity index (χ3v) is 6.42. The number of nitriles is 1. The van der Waals surface area contributed by atoms with Crippen molar-refractivity contribution in [2.75, 3.05) is 11.9 Å². The maximum absolute atomic E-state index is 13.3. The summed E-state index contributed by atoms with van der Waals surface area (Å²) in [6.45, 7) is 3.79. The number of halogens is 3. The predicted molar refractivity (Wildman–Crippen MR) is 117 cm³/mol. The van der Waals surface area contributed by atoms with E-state index in [1.54, 1.807) is 12.1 Å². The van der Waals surface area contributed by atoms with Crippen LogP contribution >= 0.6 is 11.8 Å².